The first-order valence-electron chi connectivity index (χ1n) is 11.7. The van der Waals surface area contributed by atoms with Crippen molar-refractivity contribution in [3.05, 3.63) is 12.2 Å². The summed E-state index contributed by atoms with van der Waals surface area (Å²) in [6.45, 7) is 3.03. The number of amides is 2. The van der Waals surface area contributed by atoms with Crippen LogP contribution in [0.4, 0.5) is 0 Å². The van der Waals surface area contributed by atoms with Gasteiger partial charge in [0.05, 0.1) is 23.7 Å². The zero-order valence-corrected chi connectivity index (χ0v) is 19.8. The van der Waals surface area contributed by atoms with Gasteiger partial charge in [-0.1, -0.05) is 44.1 Å². The van der Waals surface area contributed by atoms with Crippen LogP contribution in [-0.2, 0) is 14.3 Å². The fourth-order valence-electron chi connectivity index (χ4n) is 4.48. The number of carbonyl (C=O) groups excluding carboxylic acids is 2. The van der Waals surface area contributed by atoms with Crippen molar-refractivity contribution in [1.29, 1.82) is 0 Å². The van der Waals surface area contributed by atoms with E-state index in [2.05, 4.69) is 29.7 Å². The molecule has 176 valence electrons. The minimum absolute atomic E-state index is 0.0200. The Morgan fingerprint density at radius 1 is 1.10 bits per heavy atom. The molecule has 0 saturated carbocycles. The molecule has 7 nitrogen and oxygen atoms in total. The molecule has 0 aromatic carbocycles. The molecule has 31 heavy (non-hydrogen) atoms. The number of ether oxygens (including phenoxy) is 1. The van der Waals surface area contributed by atoms with Gasteiger partial charge >= 0.3 is 0 Å². The number of nitrogens with one attached hydrogen (secondary N) is 2. The van der Waals surface area contributed by atoms with Crippen LogP contribution < -0.4 is 10.6 Å². The highest BCUT2D eigenvalue weighted by molar-refractivity contribution is 7.80. The van der Waals surface area contributed by atoms with Crippen molar-refractivity contribution in [1.82, 2.24) is 15.7 Å². The van der Waals surface area contributed by atoms with Crippen LogP contribution in [0.5, 0.6) is 0 Å². The number of unbranched alkanes of at least 4 members (excludes halogenated alkanes) is 3. The second-order valence-corrected chi connectivity index (χ2v) is 9.17. The number of carbonyl (C=O) groups is 2. The van der Waals surface area contributed by atoms with Gasteiger partial charge in [0.2, 0.25) is 11.8 Å². The smallest absolute Gasteiger partial charge is 0.245 e. The summed E-state index contributed by atoms with van der Waals surface area (Å²) in [5.41, 5.74) is 0. The van der Waals surface area contributed by atoms with Gasteiger partial charge in [-0.15, -0.1) is 0 Å². The van der Waals surface area contributed by atoms with Crippen LogP contribution in [0.2, 0.25) is 0 Å². The van der Waals surface area contributed by atoms with E-state index < -0.39 is 0 Å². The zero-order chi connectivity index (χ0) is 22.6. The maximum absolute atomic E-state index is 12.2. The first-order chi connectivity index (χ1) is 14.9. The molecule has 0 spiro atoms. The number of fused-ring (bicyclic) bond motifs is 2. The Labute approximate surface area is 191 Å². The third-order valence-corrected chi connectivity index (χ3v) is 6.62. The van der Waals surface area contributed by atoms with Crippen molar-refractivity contribution in [2.24, 2.45) is 11.8 Å². The monoisotopic (exact) mass is 453 g/mol. The summed E-state index contributed by atoms with van der Waals surface area (Å²) >= 11 is 5.29. The molecule has 2 aliphatic rings. The van der Waals surface area contributed by atoms with Crippen molar-refractivity contribution in [2.45, 2.75) is 83.3 Å². The molecule has 8 heteroatoms. The molecule has 0 aromatic heterocycles. The highest BCUT2D eigenvalue weighted by Crippen LogP contribution is 2.44. The molecule has 2 aliphatic heterocycles. The topological polar surface area (TPSA) is 90.9 Å². The summed E-state index contributed by atoms with van der Waals surface area (Å²) in [4.78, 5) is 24.4. The third-order valence-electron chi connectivity index (χ3n) is 6.28. The van der Waals surface area contributed by atoms with Gasteiger partial charge in [-0.05, 0) is 50.9 Å². The quantitative estimate of drug-likeness (QED) is 0.123. The lowest BCUT2D eigenvalue weighted by Gasteiger charge is -2.27. The van der Waals surface area contributed by atoms with E-state index in [1.165, 1.54) is 7.05 Å². The van der Waals surface area contributed by atoms with Crippen molar-refractivity contribution < 1.29 is 19.5 Å². The predicted octanol–water partition coefficient (Wildman–Crippen LogP) is 3.36. The van der Waals surface area contributed by atoms with Gasteiger partial charge in [0, 0.05) is 25.9 Å². The first-order valence-corrected chi connectivity index (χ1v) is 12.1. The predicted molar refractivity (Wildman–Crippen MR) is 125 cm³/mol. The summed E-state index contributed by atoms with van der Waals surface area (Å²) in [6, 6.07) is 0. The number of hydrogen-bond donors (Lipinski definition) is 3. The Kier molecular flexibility index (Phi) is 11.5. The first kappa shape index (κ1) is 25.7. The van der Waals surface area contributed by atoms with E-state index in [-0.39, 0.29) is 30.6 Å². The van der Waals surface area contributed by atoms with Gasteiger partial charge in [0.25, 0.3) is 0 Å². The molecular formula is C23H39N3O4S. The van der Waals surface area contributed by atoms with Gasteiger partial charge in [0.15, 0.2) is 0 Å². The standard InChI is InChI=1S/C23H39N3O4S/c1-3-4-7-11-22(31)25-16-21(27)24-15-18-17(19-13-14-20(18)30-19)10-8-5-6-9-12-23(28)26(2)29/h5,8,17-20,29H,3-4,6-7,9-16H2,1-2H3,(H,24,27)(H,25,31)/b8-5-/t17-,18+,19-,20+/m0/s1. The van der Waals surface area contributed by atoms with Gasteiger partial charge in [0.1, 0.15) is 0 Å². The van der Waals surface area contributed by atoms with Crippen LogP contribution >= 0.6 is 12.2 Å². The molecule has 2 bridgehead atoms. The summed E-state index contributed by atoms with van der Waals surface area (Å²) in [7, 11) is 1.35. The van der Waals surface area contributed by atoms with Crippen LogP contribution in [0.1, 0.15) is 71.1 Å². The molecule has 0 unspecified atom stereocenters. The van der Waals surface area contributed by atoms with Crippen molar-refractivity contribution in [3.63, 3.8) is 0 Å². The molecule has 2 fully saturated rings. The average molecular weight is 454 g/mol. The van der Waals surface area contributed by atoms with E-state index >= 15 is 0 Å². The van der Waals surface area contributed by atoms with Gasteiger partial charge in [-0.2, -0.15) is 0 Å². The molecule has 4 atom stereocenters. The summed E-state index contributed by atoms with van der Waals surface area (Å²) < 4.78 is 6.12. The Balaban J connectivity index is 1.67. The Morgan fingerprint density at radius 2 is 1.84 bits per heavy atom. The molecule has 0 aliphatic carbocycles. The lowest BCUT2D eigenvalue weighted by Crippen LogP contribution is -2.42. The fourth-order valence-corrected chi connectivity index (χ4v) is 4.70. The summed E-state index contributed by atoms with van der Waals surface area (Å²) in [6.07, 6.45) is 14.0. The second-order valence-electron chi connectivity index (χ2n) is 8.67. The number of nitrogens with zero attached hydrogens (tertiary/aromatic N) is 1. The van der Waals surface area contributed by atoms with E-state index in [9.17, 15) is 9.59 Å². The Morgan fingerprint density at radius 3 is 2.55 bits per heavy atom. The SMILES string of the molecule is CCCCCC(=S)NCC(=O)NC[C@@H]1[C@H](C/C=C\CCCC(=O)N(C)O)[C@@H]2CC[C@H]1O2. The van der Waals surface area contributed by atoms with Crippen LogP contribution in [0, 0.1) is 11.8 Å². The average Bonchev–Trinajstić information content (AvgIpc) is 3.35. The lowest BCUT2D eigenvalue weighted by atomic mass is 9.77. The van der Waals surface area contributed by atoms with Crippen LogP contribution in [0.3, 0.4) is 0 Å². The fraction of sp³-hybridized carbons (Fsp3) is 0.783. The van der Waals surface area contributed by atoms with Crippen LogP contribution in [0.25, 0.3) is 0 Å². The molecule has 0 aromatic rings. The minimum Gasteiger partial charge on any atom is -0.374 e. The molecule has 3 N–H and O–H groups in total. The van der Waals surface area contributed by atoms with E-state index in [1.54, 1.807) is 0 Å². The molecular weight excluding hydrogens is 414 g/mol. The molecule has 2 amide bonds. The van der Waals surface area contributed by atoms with Gasteiger partial charge in [-0.3, -0.25) is 14.8 Å². The molecule has 2 rings (SSSR count). The molecule has 2 heterocycles. The number of hydrogen-bond acceptors (Lipinski definition) is 5. The Bertz CT molecular complexity index is 626. The largest absolute Gasteiger partial charge is 0.374 e. The second kappa shape index (κ2) is 13.8. The van der Waals surface area contributed by atoms with Gasteiger partial charge in [-0.25, -0.2) is 5.06 Å². The van der Waals surface area contributed by atoms with Crippen molar-refractivity contribution >= 4 is 29.0 Å². The van der Waals surface area contributed by atoms with Crippen LogP contribution in [-0.4, -0.2) is 59.4 Å². The highest BCUT2D eigenvalue weighted by atomic mass is 32.1. The van der Waals surface area contributed by atoms with E-state index in [4.69, 9.17) is 22.2 Å². The number of allylic oxidation sites excluding steroid dienone is 2. The van der Waals surface area contributed by atoms with E-state index in [0.29, 0.717) is 29.9 Å². The van der Waals surface area contributed by atoms with E-state index in [0.717, 1.165) is 62.8 Å². The van der Waals surface area contributed by atoms with Crippen LogP contribution in [0.15, 0.2) is 12.2 Å². The maximum atomic E-state index is 12.2. The maximum Gasteiger partial charge on any atom is 0.245 e. The van der Waals surface area contributed by atoms with Crippen molar-refractivity contribution in [3.8, 4) is 0 Å². The number of hydroxylamine groups is 2. The minimum atomic E-state index is -0.262. The normalized spacial score (nSPS) is 24.5. The third kappa shape index (κ3) is 8.86. The Hall–Kier alpha value is -1.51. The summed E-state index contributed by atoms with van der Waals surface area (Å²) in [5.74, 6) is 0.479. The molecule has 2 saturated heterocycles. The number of thiocarbonyl (C=S) groups is 1. The van der Waals surface area contributed by atoms with E-state index in [1.807, 2.05) is 0 Å². The highest BCUT2D eigenvalue weighted by Gasteiger charge is 2.47. The zero-order valence-electron chi connectivity index (χ0n) is 19.0. The summed E-state index contributed by atoms with van der Waals surface area (Å²) in [5, 5.41) is 15.8. The molecule has 0 radical (unpaired) electrons. The number of rotatable bonds is 14. The van der Waals surface area contributed by atoms with Crippen molar-refractivity contribution in [2.75, 3.05) is 20.1 Å². The van der Waals surface area contributed by atoms with Gasteiger partial charge < -0.3 is 15.4 Å². The lowest BCUT2D eigenvalue weighted by molar-refractivity contribution is -0.159.